The summed E-state index contributed by atoms with van der Waals surface area (Å²) in [6, 6.07) is 10.5. The van der Waals surface area contributed by atoms with E-state index in [2.05, 4.69) is 60.1 Å². The Kier molecular flexibility index (Phi) is 3.88. The van der Waals surface area contributed by atoms with E-state index in [0.29, 0.717) is 0 Å². The van der Waals surface area contributed by atoms with Gasteiger partial charge in [-0.2, -0.15) is 0 Å². The molecule has 0 spiro atoms. The lowest BCUT2D eigenvalue weighted by atomic mass is 10.0. The zero-order valence-corrected chi connectivity index (χ0v) is 13.2. The maximum atomic E-state index is 3.57. The predicted octanol–water partition coefficient (Wildman–Crippen LogP) is 4.10. The molecule has 106 valence electrons. The van der Waals surface area contributed by atoms with Crippen LogP contribution >= 0.6 is 11.8 Å². The van der Waals surface area contributed by atoms with Crippen LogP contribution in [-0.4, -0.2) is 28.1 Å². The van der Waals surface area contributed by atoms with E-state index >= 15 is 0 Å². The molecule has 0 bridgehead atoms. The number of hydrogen-bond donors (Lipinski definition) is 1. The second kappa shape index (κ2) is 5.65. The summed E-state index contributed by atoms with van der Waals surface area (Å²) in [5, 5.41) is 4.84. The van der Waals surface area contributed by atoms with Gasteiger partial charge in [0.2, 0.25) is 0 Å². The van der Waals surface area contributed by atoms with Gasteiger partial charge in [-0.25, -0.2) is 4.58 Å². The van der Waals surface area contributed by atoms with E-state index in [-0.39, 0.29) is 4.75 Å². The van der Waals surface area contributed by atoms with Crippen molar-refractivity contribution in [1.82, 2.24) is 0 Å². The van der Waals surface area contributed by atoms with Crippen LogP contribution in [0.5, 0.6) is 0 Å². The smallest absolute Gasteiger partial charge is 0.180 e. The molecule has 1 fully saturated rings. The molecular weight excluding hydrogens is 264 g/mol. The van der Waals surface area contributed by atoms with E-state index in [9.17, 15) is 0 Å². The molecule has 1 aromatic carbocycles. The summed E-state index contributed by atoms with van der Waals surface area (Å²) in [4.78, 5) is 0. The van der Waals surface area contributed by atoms with E-state index < -0.39 is 0 Å². The molecule has 0 saturated carbocycles. The van der Waals surface area contributed by atoms with Crippen LogP contribution < -0.4 is 5.32 Å². The van der Waals surface area contributed by atoms with Crippen LogP contribution in [0, 0.1) is 0 Å². The van der Waals surface area contributed by atoms with Crippen molar-refractivity contribution < 1.29 is 4.58 Å². The first-order valence-electron chi connectivity index (χ1n) is 7.46. The number of thioether (sulfide) groups is 1. The Morgan fingerprint density at radius 2 is 1.80 bits per heavy atom. The number of benzene rings is 1. The number of nitrogens with zero attached hydrogens (tertiary/aromatic N) is 1. The molecule has 0 radical (unpaired) electrons. The van der Waals surface area contributed by atoms with Gasteiger partial charge in [-0.05, 0) is 26.0 Å². The normalized spacial score (nSPS) is 21.8. The fraction of sp³-hybridized carbons (Fsp3) is 0.471. The van der Waals surface area contributed by atoms with Crippen molar-refractivity contribution in [1.29, 1.82) is 0 Å². The molecule has 0 atom stereocenters. The van der Waals surface area contributed by atoms with Crippen molar-refractivity contribution in [2.45, 2.75) is 37.9 Å². The summed E-state index contributed by atoms with van der Waals surface area (Å²) in [6.45, 7) is 7.14. The number of nitrogens with one attached hydrogen (secondary N) is 1. The van der Waals surface area contributed by atoms with Crippen molar-refractivity contribution >= 4 is 23.2 Å². The summed E-state index contributed by atoms with van der Waals surface area (Å²) in [7, 11) is 0. The highest BCUT2D eigenvalue weighted by molar-refractivity contribution is 8.04. The molecule has 0 aromatic heterocycles. The number of hydrogen-bond acceptors (Lipinski definition) is 2. The Morgan fingerprint density at radius 3 is 2.50 bits per heavy atom. The highest BCUT2D eigenvalue weighted by Gasteiger charge is 2.32. The molecule has 1 aromatic rings. The average Bonchev–Trinajstić information content (AvgIpc) is 2.92. The fourth-order valence-corrected chi connectivity index (χ4v) is 4.11. The standard InChI is InChI=1S/C17H22N2S/c1-17(2)13-15(19-10-6-7-11-19)12-16(20-17)18-14-8-4-3-5-9-14/h3-5,8-9,12H,6-7,10-11,13H2,1-2H3/p+1. The van der Waals surface area contributed by atoms with Crippen LogP contribution in [0.4, 0.5) is 5.69 Å². The summed E-state index contributed by atoms with van der Waals surface area (Å²) in [5.41, 5.74) is 2.68. The highest BCUT2D eigenvalue weighted by atomic mass is 32.2. The molecule has 0 aliphatic carbocycles. The van der Waals surface area contributed by atoms with Crippen LogP contribution in [0.15, 0.2) is 41.4 Å². The molecular formula is C17H23N2S+. The van der Waals surface area contributed by atoms with Crippen molar-refractivity contribution in [3.05, 3.63) is 41.4 Å². The Bertz CT molecular complexity index is 535. The van der Waals surface area contributed by atoms with Crippen LogP contribution in [0.25, 0.3) is 0 Å². The molecule has 2 nitrogen and oxygen atoms in total. The monoisotopic (exact) mass is 287 g/mol. The van der Waals surface area contributed by atoms with Crippen molar-refractivity contribution in [2.75, 3.05) is 18.4 Å². The Morgan fingerprint density at radius 1 is 1.10 bits per heavy atom. The molecule has 2 aliphatic heterocycles. The minimum Gasteiger partial charge on any atom is -0.350 e. The van der Waals surface area contributed by atoms with Gasteiger partial charge in [-0.3, -0.25) is 0 Å². The Labute approximate surface area is 126 Å². The van der Waals surface area contributed by atoms with Crippen LogP contribution in [0.3, 0.4) is 0 Å². The van der Waals surface area contributed by atoms with E-state index in [1.165, 1.54) is 42.4 Å². The van der Waals surface area contributed by atoms with E-state index in [4.69, 9.17) is 0 Å². The summed E-state index contributed by atoms with van der Waals surface area (Å²) in [6.07, 6.45) is 6.20. The van der Waals surface area contributed by atoms with Crippen molar-refractivity contribution in [3.8, 4) is 0 Å². The first-order valence-corrected chi connectivity index (χ1v) is 8.28. The predicted molar refractivity (Wildman–Crippen MR) is 88.7 cm³/mol. The van der Waals surface area contributed by atoms with Gasteiger partial charge in [0.15, 0.2) is 5.71 Å². The van der Waals surface area contributed by atoms with E-state index in [0.717, 1.165) is 6.42 Å². The lowest BCUT2D eigenvalue weighted by Gasteiger charge is -2.29. The van der Waals surface area contributed by atoms with Crippen molar-refractivity contribution in [2.24, 2.45) is 0 Å². The van der Waals surface area contributed by atoms with Gasteiger partial charge in [0.1, 0.15) is 13.1 Å². The Hall–Kier alpha value is -1.22. The summed E-state index contributed by atoms with van der Waals surface area (Å²) in [5.74, 6) is 0. The molecule has 2 aliphatic rings. The van der Waals surface area contributed by atoms with Gasteiger partial charge in [-0.1, -0.05) is 18.2 Å². The number of allylic oxidation sites excluding steroid dienone is 1. The van der Waals surface area contributed by atoms with Gasteiger partial charge in [0, 0.05) is 35.8 Å². The minimum atomic E-state index is 0.268. The lowest BCUT2D eigenvalue weighted by Crippen LogP contribution is -2.30. The third-order valence-corrected chi connectivity index (χ3v) is 4.98. The largest absolute Gasteiger partial charge is 0.350 e. The first-order chi connectivity index (χ1) is 9.62. The number of rotatable bonds is 2. The quantitative estimate of drug-likeness (QED) is 0.824. The second-order valence-corrected chi connectivity index (χ2v) is 7.97. The Balaban J connectivity index is 1.87. The number of anilines is 1. The molecule has 20 heavy (non-hydrogen) atoms. The molecule has 3 heteroatoms. The zero-order chi connectivity index (χ0) is 14.0. The molecule has 1 saturated heterocycles. The summed E-state index contributed by atoms with van der Waals surface area (Å²) < 4.78 is 2.83. The first kappa shape index (κ1) is 13.7. The van der Waals surface area contributed by atoms with Crippen LogP contribution in [-0.2, 0) is 0 Å². The average molecular weight is 287 g/mol. The number of para-hydroxylation sites is 1. The molecule has 1 N–H and O–H groups in total. The van der Waals surface area contributed by atoms with Gasteiger partial charge >= 0.3 is 0 Å². The SMILES string of the molecule is CC1(C)CC(=[N+]2CCCC2)C=C(Nc2ccccc2)S1. The molecule has 0 amide bonds. The molecule has 2 heterocycles. The molecule has 0 unspecified atom stereocenters. The fourth-order valence-electron chi connectivity index (χ4n) is 2.93. The summed E-state index contributed by atoms with van der Waals surface area (Å²) >= 11 is 1.95. The van der Waals surface area contributed by atoms with Gasteiger partial charge in [-0.15, -0.1) is 11.8 Å². The highest BCUT2D eigenvalue weighted by Crippen LogP contribution is 2.39. The van der Waals surface area contributed by atoms with Gasteiger partial charge < -0.3 is 5.32 Å². The third kappa shape index (κ3) is 3.26. The van der Waals surface area contributed by atoms with E-state index in [1.54, 1.807) is 0 Å². The van der Waals surface area contributed by atoms with E-state index in [1.807, 2.05) is 11.8 Å². The molecule has 3 rings (SSSR count). The van der Waals surface area contributed by atoms with Gasteiger partial charge in [0.05, 0.1) is 5.03 Å². The second-order valence-electron chi connectivity index (χ2n) is 6.22. The lowest BCUT2D eigenvalue weighted by molar-refractivity contribution is -0.506. The van der Waals surface area contributed by atoms with Gasteiger partial charge in [0.25, 0.3) is 0 Å². The maximum absolute atomic E-state index is 3.57. The van der Waals surface area contributed by atoms with Crippen LogP contribution in [0.2, 0.25) is 0 Å². The minimum absolute atomic E-state index is 0.268. The van der Waals surface area contributed by atoms with Crippen LogP contribution in [0.1, 0.15) is 33.1 Å². The maximum Gasteiger partial charge on any atom is 0.180 e. The third-order valence-electron chi connectivity index (χ3n) is 3.84. The van der Waals surface area contributed by atoms with Crippen molar-refractivity contribution in [3.63, 3.8) is 0 Å². The topological polar surface area (TPSA) is 15.0 Å². The zero-order valence-electron chi connectivity index (χ0n) is 12.4.